The molecule has 3 aliphatic carbocycles. The first-order valence-electron chi connectivity index (χ1n) is 10.3. The van der Waals surface area contributed by atoms with Gasteiger partial charge >= 0.3 is 5.97 Å². The summed E-state index contributed by atoms with van der Waals surface area (Å²) in [6.07, 6.45) is 0.746. The monoisotopic (exact) mass is 392 g/mol. The van der Waals surface area contributed by atoms with Gasteiger partial charge in [-0.15, -0.1) is 0 Å². The molecule has 6 nitrogen and oxygen atoms in total. The molecule has 1 aliphatic heterocycles. The van der Waals surface area contributed by atoms with E-state index in [4.69, 9.17) is 9.47 Å². The third-order valence-corrected chi connectivity index (χ3v) is 8.11. The van der Waals surface area contributed by atoms with Crippen molar-refractivity contribution >= 4 is 11.8 Å². The molecule has 0 spiro atoms. The van der Waals surface area contributed by atoms with Gasteiger partial charge in [-0.1, -0.05) is 26.8 Å². The van der Waals surface area contributed by atoms with Crippen LogP contribution in [0.4, 0.5) is 0 Å². The molecule has 3 fully saturated rings. The molecule has 0 radical (unpaired) electrons. The number of allylic oxidation sites excluding steroid dienone is 1. The minimum absolute atomic E-state index is 0.00105. The molecule has 6 heteroatoms. The summed E-state index contributed by atoms with van der Waals surface area (Å²) in [5.41, 5.74) is -1.74. The van der Waals surface area contributed by atoms with Gasteiger partial charge < -0.3 is 19.7 Å². The van der Waals surface area contributed by atoms with E-state index >= 15 is 0 Å². The van der Waals surface area contributed by atoms with Gasteiger partial charge in [0.1, 0.15) is 5.60 Å². The van der Waals surface area contributed by atoms with Gasteiger partial charge in [0.25, 0.3) is 0 Å². The van der Waals surface area contributed by atoms with Crippen LogP contribution in [-0.4, -0.2) is 51.5 Å². The van der Waals surface area contributed by atoms with Crippen LogP contribution in [0.15, 0.2) is 11.6 Å². The number of ketones is 1. The summed E-state index contributed by atoms with van der Waals surface area (Å²) in [4.78, 5) is 25.7. The van der Waals surface area contributed by atoms with Crippen LogP contribution in [0.3, 0.4) is 0 Å². The average Bonchev–Trinajstić information content (AvgIpc) is 3.36. The second kappa shape index (κ2) is 5.89. The Kier molecular flexibility index (Phi) is 4.22. The molecule has 28 heavy (non-hydrogen) atoms. The van der Waals surface area contributed by atoms with E-state index in [0.29, 0.717) is 12.0 Å². The van der Waals surface area contributed by atoms with Crippen LogP contribution in [-0.2, 0) is 19.1 Å². The molecule has 0 aromatic rings. The first kappa shape index (κ1) is 20.0. The SMILES string of the molecule is CC(=O)O[C@]12C[C@@H](C)[C@H](O)[C@@H]1[C@H]1O[C@]1(C)[C@H](O)C[C@H]1[C@@H](/C=C(\C)C2=O)C1(C)C. The smallest absolute Gasteiger partial charge is 0.303 e. The molecule has 156 valence electrons. The maximum Gasteiger partial charge on any atom is 0.303 e. The Morgan fingerprint density at radius 2 is 1.93 bits per heavy atom. The second-order valence-corrected chi connectivity index (χ2v) is 10.3. The van der Waals surface area contributed by atoms with Crippen LogP contribution in [0.1, 0.15) is 54.4 Å². The number of aliphatic hydroxyl groups is 2. The summed E-state index contributed by atoms with van der Waals surface area (Å²) >= 11 is 0. The van der Waals surface area contributed by atoms with E-state index < -0.39 is 41.4 Å². The number of carbonyl (C=O) groups is 2. The summed E-state index contributed by atoms with van der Waals surface area (Å²) in [7, 11) is 0. The second-order valence-electron chi connectivity index (χ2n) is 10.3. The zero-order chi connectivity index (χ0) is 20.8. The number of ether oxygens (including phenoxy) is 2. The van der Waals surface area contributed by atoms with E-state index in [2.05, 4.69) is 13.8 Å². The molecule has 0 aromatic heterocycles. The molecule has 4 rings (SSSR count). The molecule has 1 saturated heterocycles. The number of carbonyl (C=O) groups excluding carboxylic acids is 2. The molecule has 1 heterocycles. The Labute approximate surface area is 166 Å². The Morgan fingerprint density at radius 3 is 2.54 bits per heavy atom. The normalized spacial score (nSPS) is 53.6. The highest BCUT2D eigenvalue weighted by Gasteiger charge is 2.73. The minimum atomic E-state index is -1.45. The van der Waals surface area contributed by atoms with Crippen molar-refractivity contribution in [3.05, 3.63) is 11.6 Å². The van der Waals surface area contributed by atoms with E-state index in [-0.39, 0.29) is 35.4 Å². The molecule has 4 aliphatic rings. The van der Waals surface area contributed by atoms with Gasteiger partial charge in [0.2, 0.25) is 5.78 Å². The topological polar surface area (TPSA) is 96.4 Å². The van der Waals surface area contributed by atoms with Crippen LogP contribution in [0.5, 0.6) is 0 Å². The molecule has 9 atom stereocenters. The Morgan fingerprint density at radius 1 is 1.29 bits per heavy atom. The van der Waals surface area contributed by atoms with E-state index in [1.54, 1.807) is 6.92 Å². The molecule has 0 aromatic carbocycles. The van der Waals surface area contributed by atoms with Gasteiger partial charge in [-0.05, 0) is 49.0 Å². The number of aliphatic hydroxyl groups excluding tert-OH is 2. The summed E-state index contributed by atoms with van der Waals surface area (Å²) in [5, 5.41) is 21.9. The van der Waals surface area contributed by atoms with Crippen molar-refractivity contribution in [1.82, 2.24) is 0 Å². The van der Waals surface area contributed by atoms with Crippen molar-refractivity contribution in [3.63, 3.8) is 0 Å². The van der Waals surface area contributed by atoms with Crippen LogP contribution < -0.4 is 0 Å². The highest BCUT2D eigenvalue weighted by molar-refractivity contribution is 6.03. The lowest BCUT2D eigenvalue weighted by Crippen LogP contribution is -2.52. The lowest BCUT2D eigenvalue weighted by molar-refractivity contribution is -0.171. The van der Waals surface area contributed by atoms with Crippen LogP contribution >= 0.6 is 0 Å². The van der Waals surface area contributed by atoms with Gasteiger partial charge in [-0.3, -0.25) is 9.59 Å². The van der Waals surface area contributed by atoms with E-state index in [1.807, 2.05) is 19.9 Å². The maximum atomic E-state index is 13.7. The van der Waals surface area contributed by atoms with Crippen molar-refractivity contribution in [2.24, 2.45) is 29.1 Å². The number of fused-ring (bicyclic) bond motifs is 4. The maximum absolute atomic E-state index is 13.7. The zero-order valence-corrected chi connectivity index (χ0v) is 17.6. The summed E-state index contributed by atoms with van der Waals surface area (Å²) in [5.74, 6) is -1.26. The molecular formula is C22H32O6. The average molecular weight is 392 g/mol. The number of epoxide rings is 1. The zero-order valence-electron chi connectivity index (χ0n) is 17.6. The third kappa shape index (κ3) is 2.57. The highest BCUT2D eigenvalue weighted by atomic mass is 16.6. The number of esters is 1. The minimum Gasteiger partial charge on any atom is -0.450 e. The number of rotatable bonds is 1. The van der Waals surface area contributed by atoms with Crippen LogP contribution in [0.2, 0.25) is 0 Å². The fourth-order valence-electron chi connectivity index (χ4n) is 6.10. The Hall–Kier alpha value is -1.24. The van der Waals surface area contributed by atoms with E-state index in [1.165, 1.54) is 6.92 Å². The Balaban J connectivity index is 1.84. The standard InChI is InChI=1S/C22H32O6/c1-10-7-13-14(20(13,4)5)8-15(24)21(6)19(28-21)16-17(25)11(2)9-22(16,18(10)26)27-12(3)23/h7,11,13-17,19,24-25H,8-9H2,1-6H3/b10-7+/t11-,13-,14+,15-,16-,17+,19-,21-,22-/m1/s1. The van der Waals surface area contributed by atoms with Crippen molar-refractivity contribution in [2.45, 2.75) is 83.9 Å². The fourth-order valence-corrected chi connectivity index (χ4v) is 6.10. The van der Waals surface area contributed by atoms with E-state index in [0.717, 1.165) is 0 Å². The molecule has 2 saturated carbocycles. The van der Waals surface area contributed by atoms with Gasteiger partial charge in [-0.2, -0.15) is 0 Å². The predicted octanol–water partition coefficient (Wildman–Crippen LogP) is 2.01. The van der Waals surface area contributed by atoms with E-state index in [9.17, 15) is 19.8 Å². The molecule has 0 bridgehead atoms. The van der Waals surface area contributed by atoms with Crippen molar-refractivity contribution < 1.29 is 29.3 Å². The Bertz CT molecular complexity index is 756. The molecule has 0 amide bonds. The number of hydrogen-bond acceptors (Lipinski definition) is 6. The highest BCUT2D eigenvalue weighted by Crippen LogP contribution is 2.64. The summed E-state index contributed by atoms with van der Waals surface area (Å²) in [6.45, 7) is 11.1. The van der Waals surface area contributed by atoms with Crippen molar-refractivity contribution in [2.75, 3.05) is 0 Å². The van der Waals surface area contributed by atoms with Crippen molar-refractivity contribution in [3.8, 4) is 0 Å². The third-order valence-electron chi connectivity index (χ3n) is 8.11. The van der Waals surface area contributed by atoms with Crippen LogP contribution in [0.25, 0.3) is 0 Å². The quantitative estimate of drug-likeness (QED) is 0.523. The lowest BCUT2D eigenvalue weighted by Gasteiger charge is -2.34. The lowest BCUT2D eigenvalue weighted by atomic mass is 9.76. The largest absolute Gasteiger partial charge is 0.450 e. The summed E-state index contributed by atoms with van der Waals surface area (Å²) < 4.78 is 11.7. The fraction of sp³-hybridized carbons (Fsp3) is 0.818. The first-order valence-corrected chi connectivity index (χ1v) is 10.3. The van der Waals surface area contributed by atoms with Crippen molar-refractivity contribution in [1.29, 1.82) is 0 Å². The molecule has 2 N–H and O–H groups in total. The first-order chi connectivity index (χ1) is 12.9. The van der Waals surface area contributed by atoms with Gasteiger partial charge in [0, 0.05) is 13.3 Å². The predicted molar refractivity (Wildman–Crippen MR) is 101 cm³/mol. The number of Topliss-reactive ketones (excluding diaryl/α,β-unsaturated/α-hetero) is 1. The van der Waals surface area contributed by atoms with Gasteiger partial charge in [0.05, 0.1) is 24.2 Å². The van der Waals surface area contributed by atoms with Gasteiger partial charge in [0.15, 0.2) is 5.60 Å². The van der Waals surface area contributed by atoms with Gasteiger partial charge in [-0.25, -0.2) is 0 Å². The number of hydrogen-bond donors (Lipinski definition) is 2. The molecule has 0 unspecified atom stereocenters. The summed E-state index contributed by atoms with van der Waals surface area (Å²) in [6, 6.07) is 0. The molecular weight excluding hydrogens is 360 g/mol. The van der Waals surface area contributed by atoms with Crippen LogP contribution in [0, 0.1) is 29.1 Å².